The summed E-state index contributed by atoms with van der Waals surface area (Å²) in [5, 5.41) is 0. The van der Waals surface area contributed by atoms with Crippen molar-refractivity contribution in [3.63, 3.8) is 0 Å². The Bertz CT molecular complexity index is 509. The maximum atomic E-state index is 11.2. The number of hydrogen-bond donors (Lipinski definition) is 1. The Hall–Kier alpha value is -1.07. The lowest BCUT2D eigenvalue weighted by molar-refractivity contribution is 0.320. The fourth-order valence-electron chi connectivity index (χ4n) is 1.55. The summed E-state index contributed by atoms with van der Waals surface area (Å²) in [6.45, 7) is 8.31. The summed E-state index contributed by atoms with van der Waals surface area (Å²) < 4.78 is 30.5. The molecule has 0 spiro atoms. The second kappa shape index (κ2) is 6.20. The Morgan fingerprint density at radius 1 is 1.11 bits per heavy atom. The first-order chi connectivity index (χ1) is 8.35. The second-order valence-corrected chi connectivity index (χ2v) is 6.44. The second-order valence-electron chi connectivity index (χ2n) is 4.35. The first-order valence-corrected chi connectivity index (χ1v) is 7.69. The standard InChI is InChI=1S/C13H21NO3S/c1-5-18(15,16)14-6-7-17-13-9-11(3)10(2)8-12(13)4/h8-9,14H,5-7H2,1-4H3. The minimum absolute atomic E-state index is 0.0929. The summed E-state index contributed by atoms with van der Waals surface area (Å²) in [7, 11) is -3.13. The molecule has 0 atom stereocenters. The summed E-state index contributed by atoms with van der Waals surface area (Å²) >= 11 is 0. The van der Waals surface area contributed by atoms with Crippen LogP contribution in [0.25, 0.3) is 0 Å². The molecule has 18 heavy (non-hydrogen) atoms. The molecule has 0 amide bonds. The zero-order chi connectivity index (χ0) is 13.8. The van der Waals surface area contributed by atoms with E-state index in [2.05, 4.69) is 17.7 Å². The fourth-order valence-corrected chi connectivity index (χ4v) is 2.15. The number of rotatable bonds is 6. The van der Waals surface area contributed by atoms with Crippen molar-refractivity contribution in [2.24, 2.45) is 0 Å². The van der Waals surface area contributed by atoms with Crippen molar-refractivity contribution in [3.8, 4) is 5.75 Å². The summed E-state index contributed by atoms with van der Waals surface area (Å²) in [6.07, 6.45) is 0. The lowest BCUT2D eigenvalue weighted by Gasteiger charge is -2.12. The Morgan fingerprint density at radius 2 is 1.72 bits per heavy atom. The molecule has 1 N–H and O–H groups in total. The SMILES string of the molecule is CCS(=O)(=O)NCCOc1cc(C)c(C)cc1C. The largest absolute Gasteiger partial charge is 0.492 e. The predicted octanol–water partition coefficient (Wildman–Crippen LogP) is 1.93. The van der Waals surface area contributed by atoms with Crippen LogP contribution in [-0.2, 0) is 10.0 Å². The van der Waals surface area contributed by atoms with Crippen LogP contribution in [-0.4, -0.2) is 27.3 Å². The fraction of sp³-hybridized carbons (Fsp3) is 0.538. The highest BCUT2D eigenvalue weighted by Crippen LogP contribution is 2.22. The van der Waals surface area contributed by atoms with Gasteiger partial charge in [0.05, 0.1) is 5.75 Å². The first-order valence-electron chi connectivity index (χ1n) is 6.03. The molecule has 102 valence electrons. The summed E-state index contributed by atoms with van der Waals surface area (Å²) in [5.41, 5.74) is 3.47. The number of aryl methyl sites for hydroxylation is 3. The Morgan fingerprint density at radius 3 is 2.33 bits per heavy atom. The molecule has 0 saturated carbocycles. The van der Waals surface area contributed by atoms with Crippen LogP contribution in [0.4, 0.5) is 0 Å². The maximum Gasteiger partial charge on any atom is 0.211 e. The minimum atomic E-state index is -3.13. The maximum absolute atomic E-state index is 11.2. The molecule has 4 nitrogen and oxygen atoms in total. The van der Waals surface area contributed by atoms with Gasteiger partial charge in [-0.25, -0.2) is 13.1 Å². The highest BCUT2D eigenvalue weighted by molar-refractivity contribution is 7.89. The molecule has 0 bridgehead atoms. The van der Waals surface area contributed by atoms with Crippen LogP contribution in [0.15, 0.2) is 12.1 Å². The number of sulfonamides is 1. The molecule has 1 rings (SSSR count). The number of hydrogen-bond acceptors (Lipinski definition) is 3. The Balaban J connectivity index is 2.52. The van der Waals surface area contributed by atoms with Crippen LogP contribution < -0.4 is 9.46 Å². The lowest BCUT2D eigenvalue weighted by atomic mass is 10.1. The molecule has 0 aliphatic rings. The summed E-state index contributed by atoms with van der Waals surface area (Å²) in [4.78, 5) is 0. The quantitative estimate of drug-likeness (QED) is 0.804. The lowest BCUT2D eigenvalue weighted by Crippen LogP contribution is -2.29. The molecule has 0 heterocycles. The van der Waals surface area contributed by atoms with Gasteiger partial charge in [0.2, 0.25) is 10.0 Å². The third-order valence-corrected chi connectivity index (χ3v) is 4.26. The first kappa shape index (κ1) is 15.0. The minimum Gasteiger partial charge on any atom is -0.492 e. The Kier molecular flexibility index (Phi) is 5.16. The van der Waals surface area contributed by atoms with Crippen molar-refractivity contribution >= 4 is 10.0 Å². The van der Waals surface area contributed by atoms with E-state index >= 15 is 0 Å². The van der Waals surface area contributed by atoms with Crippen LogP contribution >= 0.6 is 0 Å². The highest BCUT2D eigenvalue weighted by atomic mass is 32.2. The zero-order valence-corrected chi connectivity index (χ0v) is 12.2. The van der Waals surface area contributed by atoms with Crippen LogP contribution in [0, 0.1) is 20.8 Å². The molecule has 0 aliphatic carbocycles. The van der Waals surface area contributed by atoms with Gasteiger partial charge < -0.3 is 4.74 Å². The van der Waals surface area contributed by atoms with Gasteiger partial charge in [-0.05, 0) is 50.5 Å². The highest BCUT2D eigenvalue weighted by Gasteiger charge is 2.06. The smallest absolute Gasteiger partial charge is 0.211 e. The van der Waals surface area contributed by atoms with Gasteiger partial charge in [0, 0.05) is 6.54 Å². The summed E-state index contributed by atoms with van der Waals surface area (Å²) in [5.74, 6) is 0.907. The molecule has 1 aromatic carbocycles. The molecule has 0 fully saturated rings. The van der Waals surface area contributed by atoms with E-state index in [1.165, 1.54) is 11.1 Å². The van der Waals surface area contributed by atoms with E-state index in [9.17, 15) is 8.42 Å². The Labute approximate surface area is 109 Å². The molecule has 0 aromatic heterocycles. The van der Waals surface area contributed by atoms with Crippen LogP contribution in [0.5, 0.6) is 5.75 Å². The third kappa shape index (κ3) is 4.31. The van der Waals surface area contributed by atoms with E-state index in [1.807, 2.05) is 19.9 Å². The molecular weight excluding hydrogens is 250 g/mol. The average molecular weight is 271 g/mol. The van der Waals surface area contributed by atoms with Crippen LogP contribution in [0.3, 0.4) is 0 Å². The van der Waals surface area contributed by atoms with Crippen molar-refractivity contribution in [1.82, 2.24) is 4.72 Å². The van der Waals surface area contributed by atoms with Gasteiger partial charge in [-0.15, -0.1) is 0 Å². The van der Waals surface area contributed by atoms with Gasteiger partial charge in [0.15, 0.2) is 0 Å². The van der Waals surface area contributed by atoms with E-state index in [0.717, 1.165) is 11.3 Å². The molecule has 0 saturated heterocycles. The van der Waals surface area contributed by atoms with E-state index in [4.69, 9.17) is 4.74 Å². The van der Waals surface area contributed by atoms with Crippen molar-refractivity contribution < 1.29 is 13.2 Å². The van der Waals surface area contributed by atoms with Gasteiger partial charge in [-0.2, -0.15) is 0 Å². The van der Waals surface area contributed by atoms with Crippen molar-refractivity contribution in [3.05, 3.63) is 28.8 Å². The van der Waals surface area contributed by atoms with E-state index in [-0.39, 0.29) is 5.75 Å². The normalized spacial score (nSPS) is 11.6. The zero-order valence-electron chi connectivity index (χ0n) is 11.4. The monoisotopic (exact) mass is 271 g/mol. The molecule has 0 radical (unpaired) electrons. The predicted molar refractivity (Wildman–Crippen MR) is 73.6 cm³/mol. The third-order valence-electron chi connectivity index (χ3n) is 2.85. The number of benzene rings is 1. The molecule has 0 unspecified atom stereocenters. The molecular formula is C13H21NO3S. The molecule has 1 aromatic rings. The van der Waals surface area contributed by atoms with Crippen molar-refractivity contribution in [2.75, 3.05) is 18.9 Å². The van der Waals surface area contributed by atoms with E-state index < -0.39 is 10.0 Å². The topological polar surface area (TPSA) is 55.4 Å². The molecule has 5 heteroatoms. The van der Waals surface area contributed by atoms with Crippen molar-refractivity contribution in [2.45, 2.75) is 27.7 Å². The van der Waals surface area contributed by atoms with E-state index in [1.54, 1.807) is 6.92 Å². The number of ether oxygens (including phenoxy) is 1. The van der Waals surface area contributed by atoms with Gasteiger partial charge in [0.25, 0.3) is 0 Å². The van der Waals surface area contributed by atoms with Crippen LogP contribution in [0.1, 0.15) is 23.6 Å². The number of nitrogens with one attached hydrogen (secondary N) is 1. The summed E-state index contributed by atoms with van der Waals surface area (Å²) in [6, 6.07) is 4.06. The molecule has 0 aliphatic heterocycles. The van der Waals surface area contributed by atoms with Crippen molar-refractivity contribution in [1.29, 1.82) is 0 Å². The van der Waals surface area contributed by atoms with Gasteiger partial charge in [-0.1, -0.05) is 6.07 Å². The van der Waals surface area contributed by atoms with Gasteiger partial charge >= 0.3 is 0 Å². The van der Waals surface area contributed by atoms with Crippen LogP contribution in [0.2, 0.25) is 0 Å². The van der Waals surface area contributed by atoms with Gasteiger partial charge in [-0.3, -0.25) is 0 Å². The van der Waals surface area contributed by atoms with E-state index in [0.29, 0.717) is 13.2 Å². The average Bonchev–Trinajstić information content (AvgIpc) is 2.31. The van der Waals surface area contributed by atoms with Gasteiger partial charge in [0.1, 0.15) is 12.4 Å².